The Bertz CT molecular complexity index is 724. The highest BCUT2D eigenvalue weighted by molar-refractivity contribution is 7.18. The lowest BCUT2D eigenvalue weighted by molar-refractivity contribution is 0.429. The molecule has 2 aliphatic carbocycles. The number of nitrogens with one attached hydrogen (secondary N) is 1. The number of aromatic nitrogens is 2. The molecule has 4 heteroatoms. The van der Waals surface area contributed by atoms with Gasteiger partial charge in [0, 0.05) is 10.8 Å². The quantitative estimate of drug-likeness (QED) is 0.860. The number of rotatable bonds is 1. The van der Waals surface area contributed by atoms with Crippen LogP contribution >= 0.6 is 11.3 Å². The monoisotopic (exact) mass is 302 g/mol. The minimum atomic E-state index is 0.104. The van der Waals surface area contributed by atoms with E-state index in [4.69, 9.17) is 4.98 Å². The van der Waals surface area contributed by atoms with E-state index in [0.717, 1.165) is 34.8 Å². The standard InChI is InChI=1S/C17H22N2OS/c1-10-7-8-12-13(9-10)21-17-14(12)16(20)18-15(19-17)11-5-3-2-4-6-11/h10-11H,2-9H2,1H3,(H,18,19,20)/t10-/m0/s1. The van der Waals surface area contributed by atoms with Gasteiger partial charge < -0.3 is 4.98 Å². The molecule has 2 aliphatic rings. The molecule has 112 valence electrons. The number of hydrogen-bond acceptors (Lipinski definition) is 3. The maximum atomic E-state index is 12.6. The fourth-order valence-corrected chi connectivity index (χ4v) is 5.33. The van der Waals surface area contributed by atoms with Crippen LogP contribution < -0.4 is 5.56 Å². The Balaban J connectivity index is 1.81. The van der Waals surface area contributed by atoms with Crippen molar-refractivity contribution in [1.82, 2.24) is 9.97 Å². The molecule has 3 nitrogen and oxygen atoms in total. The smallest absolute Gasteiger partial charge is 0.259 e. The number of H-pyrrole nitrogens is 1. The van der Waals surface area contributed by atoms with Gasteiger partial charge in [-0.05, 0) is 43.6 Å². The maximum absolute atomic E-state index is 12.6. The van der Waals surface area contributed by atoms with Gasteiger partial charge in [0.05, 0.1) is 5.39 Å². The molecule has 1 atom stereocenters. The van der Waals surface area contributed by atoms with E-state index in [2.05, 4.69) is 11.9 Å². The third-order valence-electron chi connectivity index (χ3n) is 5.18. The largest absolute Gasteiger partial charge is 0.310 e. The Morgan fingerprint density at radius 2 is 2.00 bits per heavy atom. The summed E-state index contributed by atoms with van der Waals surface area (Å²) in [7, 11) is 0. The summed E-state index contributed by atoms with van der Waals surface area (Å²) >= 11 is 1.76. The van der Waals surface area contributed by atoms with Crippen molar-refractivity contribution in [3.8, 4) is 0 Å². The van der Waals surface area contributed by atoms with E-state index in [9.17, 15) is 4.79 Å². The SMILES string of the molecule is C[C@H]1CCc2c(sc3nc(C4CCCCC4)[nH]c(=O)c23)C1. The third kappa shape index (κ3) is 2.33. The molecule has 4 rings (SSSR count). The second-order valence-corrected chi connectivity index (χ2v) is 7.90. The van der Waals surface area contributed by atoms with E-state index in [1.807, 2.05) is 0 Å². The first-order valence-electron chi connectivity index (χ1n) is 8.27. The molecule has 1 saturated carbocycles. The van der Waals surface area contributed by atoms with Crippen LogP contribution in [0.4, 0.5) is 0 Å². The normalized spacial score (nSPS) is 23.4. The summed E-state index contributed by atoms with van der Waals surface area (Å²) in [6.45, 7) is 2.30. The van der Waals surface area contributed by atoms with Crippen LogP contribution in [0.2, 0.25) is 0 Å². The predicted molar refractivity (Wildman–Crippen MR) is 87.3 cm³/mol. The van der Waals surface area contributed by atoms with E-state index < -0.39 is 0 Å². The molecule has 2 aromatic heterocycles. The molecule has 0 bridgehead atoms. The first-order chi connectivity index (χ1) is 10.2. The van der Waals surface area contributed by atoms with Crippen molar-refractivity contribution < 1.29 is 0 Å². The maximum Gasteiger partial charge on any atom is 0.259 e. The molecule has 0 spiro atoms. The minimum Gasteiger partial charge on any atom is -0.310 e. The first-order valence-corrected chi connectivity index (χ1v) is 9.08. The summed E-state index contributed by atoms with van der Waals surface area (Å²) in [5.74, 6) is 2.15. The zero-order chi connectivity index (χ0) is 14.4. The molecule has 0 unspecified atom stereocenters. The van der Waals surface area contributed by atoms with Crippen LogP contribution in [-0.4, -0.2) is 9.97 Å². The Labute approximate surface area is 128 Å². The molecule has 1 N–H and O–H groups in total. The Kier molecular flexibility index (Phi) is 3.37. The Hall–Kier alpha value is -1.16. The molecular formula is C17H22N2OS. The van der Waals surface area contributed by atoms with Gasteiger partial charge in [0.15, 0.2) is 0 Å². The van der Waals surface area contributed by atoms with Crippen molar-refractivity contribution in [2.45, 2.75) is 64.2 Å². The lowest BCUT2D eigenvalue weighted by Gasteiger charge is -2.20. The molecular weight excluding hydrogens is 280 g/mol. The molecule has 2 heterocycles. The summed E-state index contributed by atoms with van der Waals surface area (Å²) in [6, 6.07) is 0. The molecule has 0 radical (unpaired) electrons. The van der Waals surface area contributed by atoms with E-state index in [0.29, 0.717) is 5.92 Å². The Morgan fingerprint density at radius 1 is 1.19 bits per heavy atom. The van der Waals surface area contributed by atoms with Gasteiger partial charge in [-0.25, -0.2) is 4.98 Å². The van der Waals surface area contributed by atoms with Crippen LogP contribution in [0.25, 0.3) is 10.2 Å². The Morgan fingerprint density at radius 3 is 2.81 bits per heavy atom. The highest BCUT2D eigenvalue weighted by atomic mass is 32.1. The van der Waals surface area contributed by atoms with Gasteiger partial charge in [0.25, 0.3) is 5.56 Å². The van der Waals surface area contributed by atoms with Gasteiger partial charge in [-0.2, -0.15) is 0 Å². The van der Waals surface area contributed by atoms with Crippen molar-refractivity contribution in [2.75, 3.05) is 0 Å². The number of aryl methyl sites for hydroxylation is 1. The average Bonchev–Trinajstić information content (AvgIpc) is 2.85. The molecule has 2 aromatic rings. The van der Waals surface area contributed by atoms with Crippen molar-refractivity contribution in [2.24, 2.45) is 5.92 Å². The lowest BCUT2D eigenvalue weighted by Crippen LogP contribution is -2.17. The summed E-state index contributed by atoms with van der Waals surface area (Å²) in [5.41, 5.74) is 1.39. The predicted octanol–water partition coefficient (Wildman–Crippen LogP) is 4.16. The number of thiophene rings is 1. The van der Waals surface area contributed by atoms with Gasteiger partial charge >= 0.3 is 0 Å². The molecule has 0 saturated heterocycles. The van der Waals surface area contributed by atoms with Crippen LogP contribution in [0.1, 0.15) is 67.6 Å². The molecule has 0 aliphatic heterocycles. The van der Waals surface area contributed by atoms with Crippen LogP contribution in [-0.2, 0) is 12.8 Å². The van der Waals surface area contributed by atoms with Crippen LogP contribution in [0.15, 0.2) is 4.79 Å². The highest BCUT2D eigenvalue weighted by Crippen LogP contribution is 2.37. The van der Waals surface area contributed by atoms with E-state index >= 15 is 0 Å². The first kappa shape index (κ1) is 13.5. The van der Waals surface area contributed by atoms with Gasteiger partial charge in [-0.15, -0.1) is 11.3 Å². The summed E-state index contributed by atoms with van der Waals surface area (Å²) < 4.78 is 0. The van der Waals surface area contributed by atoms with Gasteiger partial charge in [0.1, 0.15) is 10.7 Å². The van der Waals surface area contributed by atoms with Crippen LogP contribution in [0.3, 0.4) is 0 Å². The molecule has 0 aromatic carbocycles. The summed E-state index contributed by atoms with van der Waals surface area (Å²) in [5, 5.41) is 0.890. The molecule has 0 amide bonds. The molecule has 1 fully saturated rings. The van der Waals surface area contributed by atoms with Crippen molar-refractivity contribution in [3.63, 3.8) is 0 Å². The van der Waals surface area contributed by atoms with E-state index in [-0.39, 0.29) is 5.56 Å². The number of aromatic amines is 1. The topological polar surface area (TPSA) is 45.8 Å². The number of hydrogen-bond donors (Lipinski definition) is 1. The third-order valence-corrected chi connectivity index (χ3v) is 6.32. The number of fused-ring (bicyclic) bond motifs is 3. The van der Waals surface area contributed by atoms with Gasteiger partial charge in [-0.3, -0.25) is 4.79 Å². The second kappa shape index (κ2) is 5.24. The highest BCUT2D eigenvalue weighted by Gasteiger charge is 2.24. The average molecular weight is 302 g/mol. The van der Waals surface area contributed by atoms with Crippen molar-refractivity contribution in [1.29, 1.82) is 0 Å². The number of nitrogens with zero attached hydrogens (tertiary/aromatic N) is 1. The van der Waals surface area contributed by atoms with Crippen LogP contribution in [0.5, 0.6) is 0 Å². The van der Waals surface area contributed by atoms with Gasteiger partial charge in [0.2, 0.25) is 0 Å². The van der Waals surface area contributed by atoms with E-state index in [1.165, 1.54) is 49.0 Å². The summed E-state index contributed by atoms with van der Waals surface area (Å²) in [6.07, 6.45) is 9.58. The molecule has 21 heavy (non-hydrogen) atoms. The van der Waals surface area contributed by atoms with Gasteiger partial charge in [-0.1, -0.05) is 26.2 Å². The minimum absolute atomic E-state index is 0.104. The van der Waals surface area contributed by atoms with Crippen molar-refractivity contribution in [3.05, 3.63) is 26.6 Å². The van der Waals surface area contributed by atoms with Crippen LogP contribution in [0, 0.1) is 5.92 Å². The summed E-state index contributed by atoms with van der Waals surface area (Å²) in [4.78, 5) is 22.9. The fraction of sp³-hybridized carbons (Fsp3) is 0.647. The lowest BCUT2D eigenvalue weighted by atomic mass is 9.88. The second-order valence-electron chi connectivity index (χ2n) is 6.82. The zero-order valence-corrected chi connectivity index (χ0v) is 13.4. The van der Waals surface area contributed by atoms with E-state index in [1.54, 1.807) is 11.3 Å². The fourth-order valence-electron chi connectivity index (χ4n) is 3.93. The van der Waals surface area contributed by atoms with Crippen molar-refractivity contribution >= 4 is 21.6 Å². The zero-order valence-electron chi connectivity index (χ0n) is 12.6.